The van der Waals surface area contributed by atoms with Gasteiger partial charge in [0.15, 0.2) is 5.78 Å². The zero-order valence-corrected chi connectivity index (χ0v) is 30.6. The van der Waals surface area contributed by atoms with E-state index in [4.69, 9.17) is 14.2 Å². The van der Waals surface area contributed by atoms with E-state index in [1.165, 1.54) is 43.4 Å². The molecule has 0 bridgehead atoms. The van der Waals surface area contributed by atoms with Crippen molar-refractivity contribution >= 4 is 39.4 Å². The van der Waals surface area contributed by atoms with Gasteiger partial charge in [-0.05, 0) is 124 Å². The smallest absolute Gasteiger partial charge is 0.412 e. The van der Waals surface area contributed by atoms with Gasteiger partial charge in [0.2, 0.25) is 0 Å². The van der Waals surface area contributed by atoms with Crippen molar-refractivity contribution in [1.82, 2.24) is 15.5 Å². The molecule has 52 heavy (non-hydrogen) atoms. The van der Waals surface area contributed by atoms with Crippen LogP contribution in [0.2, 0.25) is 0 Å². The number of likely N-dealkylation sites (tertiary alicyclic amines) is 1. The molecule has 1 aromatic heterocycles. The first-order chi connectivity index (χ1) is 25.5. The average Bonchev–Trinajstić information content (AvgIpc) is 3.55. The number of ether oxygens (including phenoxy) is 3. The fourth-order valence-corrected chi connectivity index (χ4v) is 8.90. The maximum atomic E-state index is 14.3. The highest BCUT2D eigenvalue weighted by atomic mass is 32.1. The van der Waals surface area contributed by atoms with E-state index in [1.807, 2.05) is 48.5 Å². The van der Waals surface area contributed by atoms with Gasteiger partial charge in [-0.1, -0.05) is 44.9 Å². The summed E-state index contributed by atoms with van der Waals surface area (Å²) in [4.78, 5) is 42.9. The molecule has 3 aromatic carbocycles. The molecule has 0 radical (unpaired) electrons. The first-order valence-electron chi connectivity index (χ1n) is 19.1. The Morgan fingerprint density at radius 1 is 0.654 bits per heavy atom. The second-order valence-corrected chi connectivity index (χ2v) is 15.4. The van der Waals surface area contributed by atoms with Gasteiger partial charge in [0.25, 0.3) is 0 Å². The minimum atomic E-state index is -0.458. The van der Waals surface area contributed by atoms with Crippen LogP contribution in [0.3, 0.4) is 0 Å². The quantitative estimate of drug-likeness (QED) is 0.149. The Hall–Kier alpha value is -4.41. The van der Waals surface area contributed by atoms with Gasteiger partial charge in [-0.25, -0.2) is 9.59 Å². The molecular weight excluding hydrogens is 675 g/mol. The number of fused-ring (bicyclic) bond motifs is 1. The molecule has 0 atom stereocenters. The van der Waals surface area contributed by atoms with Crippen LogP contribution >= 0.6 is 11.3 Å². The van der Waals surface area contributed by atoms with Crippen LogP contribution in [0.5, 0.6) is 17.2 Å². The number of nitrogens with one attached hydrogen (secondary N) is 2. The summed E-state index contributed by atoms with van der Waals surface area (Å²) in [5.41, 5.74) is 1.94. The lowest BCUT2D eigenvalue weighted by Crippen LogP contribution is -2.37. The molecule has 2 N–H and O–H groups in total. The Morgan fingerprint density at radius 3 is 1.85 bits per heavy atom. The number of nitrogens with zero attached hydrogens (tertiary/aromatic N) is 1. The van der Waals surface area contributed by atoms with E-state index < -0.39 is 12.2 Å². The number of benzene rings is 3. The van der Waals surface area contributed by atoms with Gasteiger partial charge >= 0.3 is 12.2 Å². The predicted molar refractivity (Wildman–Crippen MR) is 205 cm³/mol. The molecule has 3 fully saturated rings. The van der Waals surface area contributed by atoms with Gasteiger partial charge in [0.05, 0.1) is 0 Å². The lowest BCUT2D eigenvalue weighted by atomic mass is 9.96. The number of ketones is 1. The molecule has 10 heteroatoms. The molecule has 3 aliphatic rings. The zero-order chi connectivity index (χ0) is 35.7. The lowest BCUT2D eigenvalue weighted by Gasteiger charge is -2.26. The Labute approximate surface area is 310 Å². The third-order valence-electron chi connectivity index (χ3n) is 10.5. The highest BCUT2D eigenvalue weighted by molar-refractivity contribution is 7.22. The summed E-state index contributed by atoms with van der Waals surface area (Å²) in [7, 11) is 0. The summed E-state index contributed by atoms with van der Waals surface area (Å²) in [6, 6.07) is 20.3. The normalized spacial score (nSPS) is 17.4. The molecule has 0 spiro atoms. The minimum Gasteiger partial charge on any atom is -0.492 e. The summed E-state index contributed by atoms with van der Waals surface area (Å²) in [6.45, 7) is 3.76. The minimum absolute atomic E-state index is 0.114. The molecule has 2 aliphatic carbocycles. The molecule has 4 aromatic rings. The maximum absolute atomic E-state index is 14.3. The monoisotopic (exact) mass is 723 g/mol. The highest BCUT2D eigenvalue weighted by Gasteiger charge is 2.24. The third kappa shape index (κ3) is 9.33. The second kappa shape index (κ2) is 17.4. The molecular formula is C42H49N3O6S. The standard InChI is InChI=1S/C42H49N3O6S/c46-39(29-14-18-33(19-15-29)49-27-26-45-24-8-3-9-25-45)38-36-23-22-35(51-42(48)44-32-12-6-2-7-13-32)28-37(36)52-40(38)30-16-20-34(21-17-30)50-41(47)43-31-10-4-1-5-11-31/h14-23,28,31-32H,1-13,24-27H2,(H,43,47)(H,44,48). The van der Waals surface area contributed by atoms with Crippen molar-refractivity contribution in [1.29, 1.82) is 0 Å². The van der Waals surface area contributed by atoms with E-state index in [1.54, 1.807) is 18.2 Å². The molecule has 2 saturated carbocycles. The molecule has 274 valence electrons. The fraction of sp³-hybridized carbons (Fsp3) is 0.452. The lowest BCUT2D eigenvalue weighted by molar-refractivity contribution is 0.104. The molecule has 7 rings (SSSR count). The van der Waals surface area contributed by atoms with Crippen LogP contribution in [0, 0.1) is 0 Å². The maximum Gasteiger partial charge on any atom is 0.412 e. The van der Waals surface area contributed by atoms with Crippen LogP contribution in [0.4, 0.5) is 9.59 Å². The van der Waals surface area contributed by atoms with Gasteiger partial charge in [-0.15, -0.1) is 11.3 Å². The summed E-state index contributed by atoms with van der Waals surface area (Å²) < 4.78 is 18.2. The molecule has 9 nitrogen and oxygen atoms in total. The van der Waals surface area contributed by atoms with E-state index in [2.05, 4.69) is 15.5 Å². The van der Waals surface area contributed by atoms with Crippen molar-refractivity contribution in [2.24, 2.45) is 0 Å². The van der Waals surface area contributed by atoms with Crippen LogP contribution in [-0.2, 0) is 0 Å². The predicted octanol–water partition coefficient (Wildman–Crippen LogP) is 9.51. The zero-order valence-electron chi connectivity index (χ0n) is 29.8. The van der Waals surface area contributed by atoms with Crippen LogP contribution in [0.25, 0.3) is 20.5 Å². The van der Waals surface area contributed by atoms with Crippen LogP contribution in [-0.4, -0.2) is 61.2 Å². The molecule has 2 heterocycles. The second-order valence-electron chi connectivity index (χ2n) is 14.3. The first-order valence-corrected chi connectivity index (χ1v) is 19.9. The van der Waals surface area contributed by atoms with Crippen molar-refractivity contribution in [3.63, 3.8) is 0 Å². The summed E-state index contributed by atoms with van der Waals surface area (Å²) in [5.74, 6) is 1.48. The molecule has 0 unspecified atom stereocenters. The van der Waals surface area contributed by atoms with E-state index in [9.17, 15) is 14.4 Å². The number of amides is 2. The Kier molecular flexibility index (Phi) is 12.0. The Morgan fingerprint density at radius 2 is 1.21 bits per heavy atom. The van der Waals surface area contributed by atoms with Crippen LogP contribution in [0.15, 0.2) is 66.7 Å². The number of hydrogen-bond acceptors (Lipinski definition) is 8. The number of thiophene rings is 1. The van der Waals surface area contributed by atoms with Crippen molar-refractivity contribution in [3.05, 3.63) is 77.9 Å². The van der Waals surface area contributed by atoms with Crippen molar-refractivity contribution in [2.45, 2.75) is 95.6 Å². The van der Waals surface area contributed by atoms with Crippen LogP contribution in [0.1, 0.15) is 99.4 Å². The number of hydrogen-bond donors (Lipinski definition) is 2. The van der Waals surface area contributed by atoms with E-state index in [-0.39, 0.29) is 17.9 Å². The van der Waals surface area contributed by atoms with Gasteiger partial charge in [0, 0.05) is 44.7 Å². The Bertz CT molecular complexity index is 1820. The highest BCUT2D eigenvalue weighted by Crippen LogP contribution is 2.42. The summed E-state index contributed by atoms with van der Waals surface area (Å²) in [6.07, 6.45) is 13.6. The van der Waals surface area contributed by atoms with Crippen molar-refractivity contribution in [3.8, 4) is 27.7 Å². The third-order valence-corrected chi connectivity index (χ3v) is 11.7. The first kappa shape index (κ1) is 36.0. The number of rotatable bonds is 11. The van der Waals surface area contributed by atoms with Gasteiger partial charge in [-0.2, -0.15) is 0 Å². The number of piperidine rings is 1. The topological polar surface area (TPSA) is 106 Å². The van der Waals surface area contributed by atoms with Gasteiger partial charge in [0.1, 0.15) is 23.9 Å². The van der Waals surface area contributed by atoms with Crippen LogP contribution < -0.4 is 24.8 Å². The van der Waals surface area contributed by atoms with Crippen molar-refractivity contribution in [2.75, 3.05) is 26.2 Å². The fourth-order valence-electron chi connectivity index (χ4n) is 7.67. The molecule has 1 aliphatic heterocycles. The number of carbonyl (C=O) groups is 3. The Balaban J connectivity index is 1.10. The molecule has 1 saturated heterocycles. The van der Waals surface area contributed by atoms with E-state index >= 15 is 0 Å². The summed E-state index contributed by atoms with van der Waals surface area (Å²) >= 11 is 1.47. The van der Waals surface area contributed by atoms with E-state index in [0.717, 1.165) is 97.3 Å². The summed E-state index contributed by atoms with van der Waals surface area (Å²) in [5, 5.41) is 6.77. The van der Waals surface area contributed by atoms with Gasteiger partial charge in [-0.3, -0.25) is 9.69 Å². The van der Waals surface area contributed by atoms with Crippen molar-refractivity contribution < 1.29 is 28.6 Å². The SMILES string of the molecule is O=C(NC1CCCCC1)Oc1ccc(-c2sc3cc(OC(=O)NC4CCCCC4)ccc3c2C(=O)c2ccc(OCCN3CCCCC3)cc2)cc1. The molecule has 2 amide bonds. The van der Waals surface area contributed by atoms with E-state index in [0.29, 0.717) is 29.2 Å². The average molecular weight is 724 g/mol. The van der Waals surface area contributed by atoms with Gasteiger partial charge < -0.3 is 24.8 Å². The number of carbonyl (C=O) groups excluding carboxylic acids is 3. The largest absolute Gasteiger partial charge is 0.492 e.